The van der Waals surface area contributed by atoms with Crippen LogP contribution >= 0.6 is 0 Å². The maximum atomic E-state index is 6.87. The molecule has 0 saturated heterocycles. The van der Waals surface area contributed by atoms with Gasteiger partial charge in [-0.1, -0.05) is 243 Å². The minimum absolute atomic E-state index is 0.843. The van der Waals surface area contributed by atoms with Gasteiger partial charge in [-0.3, -0.25) is 0 Å². The van der Waals surface area contributed by atoms with E-state index in [1.165, 1.54) is 54.2 Å². The zero-order valence-corrected chi connectivity index (χ0v) is 55.6. The van der Waals surface area contributed by atoms with E-state index in [4.69, 9.17) is 9.47 Å². The normalized spacial score (nSPS) is 11.7. The molecule has 18 aromatic carbocycles. The van der Waals surface area contributed by atoms with E-state index in [0.29, 0.717) is 0 Å². The SMILES string of the molecule is c1ccc(N(c2ccc3c(c2)Oc2cccc4c(N(c5ccccc5)c5ccc6ccccc6c5)ccc-3c24)c2ccc3ccccc3c2)cc1.c1ccc(N(c2ccc3c(c2)Oc2cccc4c(N(c5ccccc5)c5cccc6ccccc56)ccc-3c24)c2cccc3ccccc23)cc1. The van der Waals surface area contributed by atoms with Crippen molar-refractivity contribution in [1.82, 2.24) is 0 Å². The molecule has 0 atom stereocenters. The molecule has 2 aliphatic heterocycles. The van der Waals surface area contributed by atoms with Crippen LogP contribution in [0.1, 0.15) is 0 Å². The molecule has 0 N–H and O–H groups in total. The third-order valence-electron chi connectivity index (χ3n) is 20.0. The molecule has 0 fully saturated rings. The average molecular weight is 1310 g/mol. The number of anilines is 12. The summed E-state index contributed by atoms with van der Waals surface area (Å²) in [5.74, 6) is 3.40. The van der Waals surface area contributed by atoms with Crippen LogP contribution < -0.4 is 29.1 Å². The minimum Gasteiger partial charge on any atom is -0.456 e. The van der Waals surface area contributed by atoms with Crippen LogP contribution in [0.3, 0.4) is 0 Å². The smallest absolute Gasteiger partial charge is 0.137 e. The molecule has 18 aromatic rings. The number of nitrogens with zero attached hydrogens (tertiary/aromatic N) is 4. The third kappa shape index (κ3) is 10.5. The number of rotatable bonds is 12. The number of hydrogen-bond acceptors (Lipinski definition) is 6. The first-order valence-electron chi connectivity index (χ1n) is 34.7. The molecule has 0 unspecified atom stereocenters. The van der Waals surface area contributed by atoms with Crippen LogP contribution in [0, 0.1) is 0 Å². The van der Waals surface area contributed by atoms with Gasteiger partial charge in [0.25, 0.3) is 0 Å². The van der Waals surface area contributed by atoms with Gasteiger partial charge in [-0.05, 0) is 177 Å². The molecule has 0 bridgehead atoms. The summed E-state index contributed by atoms with van der Waals surface area (Å²) in [6.45, 7) is 0. The van der Waals surface area contributed by atoms with Crippen molar-refractivity contribution >= 4 is 133 Å². The predicted molar refractivity (Wildman–Crippen MR) is 428 cm³/mol. The Morgan fingerprint density at radius 1 is 0.157 bits per heavy atom. The maximum Gasteiger partial charge on any atom is 0.137 e. The van der Waals surface area contributed by atoms with Crippen LogP contribution in [0.4, 0.5) is 68.2 Å². The molecule has 0 spiro atoms. The van der Waals surface area contributed by atoms with Crippen molar-refractivity contribution in [3.8, 4) is 45.3 Å². The van der Waals surface area contributed by atoms with Crippen LogP contribution in [0.5, 0.6) is 23.0 Å². The first kappa shape index (κ1) is 59.6. The fourth-order valence-corrected chi connectivity index (χ4v) is 15.3. The molecule has 480 valence electrons. The Labute approximate surface area is 591 Å². The van der Waals surface area contributed by atoms with Gasteiger partial charge in [-0.15, -0.1) is 0 Å². The van der Waals surface area contributed by atoms with Gasteiger partial charge in [-0.2, -0.15) is 0 Å². The Hall–Kier alpha value is -13.7. The summed E-state index contributed by atoms with van der Waals surface area (Å²) in [4.78, 5) is 9.37. The third-order valence-corrected chi connectivity index (χ3v) is 20.0. The molecule has 6 heteroatoms. The lowest BCUT2D eigenvalue weighted by atomic mass is 9.92. The highest BCUT2D eigenvalue weighted by Gasteiger charge is 2.29. The van der Waals surface area contributed by atoms with Gasteiger partial charge < -0.3 is 29.1 Å². The second kappa shape index (κ2) is 25.3. The van der Waals surface area contributed by atoms with Crippen molar-refractivity contribution < 1.29 is 9.47 Å². The van der Waals surface area contributed by atoms with Crippen LogP contribution in [0.15, 0.2) is 388 Å². The van der Waals surface area contributed by atoms with Crippen molar-refractivity contribution in [2.75, 3.05) is 19.6 Å². The van der Waals surface area contributed by atoms with Gasteiger partial charge in [0.2, 0.25) is 0 Å². The summed E-state index contributed by atoms with van der Waals surface area (Å²) in [6.07, 6.45) is 0. The molecule has 2 heterocycles. The second-order valence-electron chi connectivity index (χ2n) is 25.9. The van der Waals surface area contributed by atoms with Crippen molar-refractivity contribution in [3.05, 3.63) is 388 Å². The fourth-order valence-electron chi connectivity index (χ4n) is 15.3. The largest absolute Gasteiger partial charge is 0.456 e. The number of fused-ring (bicyclic) bond motifs is 8. The number of ether oxygens (including phenoxy) is 2. The Morgan fingerprint density at radius 2 is 0.461 bits per heavy atom. The van der Waals surface area contributed by atoms with Crippen LogP contribution in [0.2, 0.25) is 0 Å². The number of para-hydroxylation sites is 4. The fraction of sp³-hybridized carbons (Fsp3) is 0. The highest BCUT2D eigenvalue weighted by atomic mass is 16.5. The van der Waals surface area contributed by atoms with Gasteiger partial charge in [0.15, 0.2) is 0 Å². The molecule has 0 radical (unpaired) electrons. The average Bonchev–Trinajstić information content (AvgIpc) is 0.735. The van der Waals surface area contributed by atoms with E-state index in [9.17, 15) is 0 Å². The molecule has 6 nitrogen and oxygen atoms in total. The summed E-state index contributed by atoms with van der Waals surface area (Å²) in [5, 5.41) is 14.2. The van der Waals surface area contributed by atoms with E-state index < -0.39 is 0 Å². The van der Waals surface area contributed by atoms with E-state index in [2.05, 4.69) is 408 Å². The standard InChI is InChI=1S/2C48H32N2O/c1-3-18-35(19-4-1)49(43-25-11-16-33-14-7-9-22-38(33)43)37-28-29-40-41-30-31-45(42-24-13-27-46(48(41)42)51-47(40)32-37)50(36-20-5-2-6-21-36)44-26-12-17-34-15-8-10-23-39(34)44;1-3-16-37(17-4-1)49(39-24-22-33-12-7-9-14-35(33)30-39)41-26-27-42-43-28-29-45(44-20-11-21-46(48(43)44)51-47(42)32-41)50(38-18-5-2-6-19-38)40-25-23-34-13-8-10-15-36(34)31-40/h2*1-32H. The topological polar surface area (TPSA) is 31.4 Å². The molecule has 0 amide bonds. The molecule has 2 aliphatic rings. The number of hydrogen-bond donors (Lipinski definition) is 0. The van der Waals surface area contributed by atoms with Crippen LogP contribution in [-0.2, 0) is 0 Å². The second-order valence-corrected chi connectivity index (χ2v) is 25.9. The molecule has 0 aromatic heterocycles. The highest BCUT2D eigenvalue weighted by molar-refractivity contribution is 6.14. The van der Waals surface area contributed by atoms with Crippen molar-refractivity contribution in [3.63, 3.8) is 0 Å². The minimum atomic E-state index is 0.843. The van der Waals surface area contributed by atoms with E-state index >= 15 is 0 Å². The van der Waals surface area contributed by atoms with E-state index in [1.54, 1.807) is 0 Å². The van der Waals surface area contributed by atoms with Crippen LogP contribution in [-0.4, -0.2) is 0 Å². The van der Waals surface area contributed by atoms with Gasteiger partial charge in [0, 0.05) is 101 Å². The lowest BCUT2D eigenvalue weighted by Gasteiger charge is -2.31. The number of benzene rings is 18. The Kier molecular flexibility index (Phi) is 14.8. The van der Waals surface area contributed by atoms with E-state index in [0.717, 1.165) is 124 Å². The molecule has 20 rings (SSSR count). The van der Waals surface area contributed by atoms with Crippen molar-refractivity contribution in [2.45, 2.75) is 0 Å². The lowest BCUT2D eigenvalue weighted by Crippen LogP contribution is -2.12. The van der Waals surface area contributed by atoms with Crippen molar-refractivity contribution in [2.24, 2.45) is 0 Å². The monoisotopic (exact) mass is 1300 g/mol. The molecule has 0 saturated carbocycles. The quantitative estimate of drug-likeness (QED) is 0.121. The Balaban J connectivity index is 0.000000141. The van der Waals surface area contributed by atoms with Gasteiger partial charge in [0.05, 0.1) is 22.7 Å². The summed E-state index contributed by atoms with van der Waals surface area (Å²) >= 11 is 0. The first-order chi connectivity index (χ1) is 50.6. The maximum absolute atomic E-state index is 6.87. The first-order valence-corrected chi connectivity index (χ1v) is 34.7. The molecule has 102 heavy (non-hydrogen) atoms. The van der Waals surface area contributed by atoms with Gasteiger partial charge >= 0.3 is 0 Å². The van der Waals surface area contributed by atoms with E-state index in [1.807, 2.05) is 0 Å². The van der Waals surface area contributed by atoms with Gasteiger partial charge in [0.1, 0.15) is 23.0 Å². The predicted octanol–water partition coefficient (Wildman–Crippen LogP) is 27.7. The summed E-state index contributed by atoms with van der Waals surface area (Å²) in [6, 6.07) is 138. The lowest BCUT2D eigenvalue weighted by molar-refractivity contribution is 0.487. The van der Waals surface area contributed by atoms with E-state index in [-0.39, 0.29) is 0 Å². The zero-order chi connectivity index (χ0) is 67.5. The summed E-state index contributed by atoms with van der Waals surface area (Å²) < 4.78 is 13.7. The highest BCUT2D eigenvalue weighted by Crippen LogP contribution is 2.55. The van der Waals surface area contributed by atoms with Crippen LogP contribution in [0.25, 0.3) is 86.9 Å². The Bertz CT molecular complexity index is 6230. The molecular weight excluding hydrogens is 1240 g/mol. The molecule has 0 aliphatic carbocycles. The zero-order valence-electron chi connectivity index (χ0n) is 55.6. The Morgan fingerprint density at radius 3 is 0.931 bits per heavy atom. The molecular formula is C96H64N4O2. The van der Waals surface area contributed by atoms with Gasteiger partial charge in [-0.25, -0.2) is 0 Å². The van der Waals surface area contributed by atoms with Crippen molar-refractivity contribution in [1.29, 1.82) is 0 Å². The summed E-state index contributed by atoms with van der Waals surface area (Å²) in [5.41, 5.74) is 17.6. The summed E-state index contributed by atoms with van der Waals surface area (Å²) in [7, 11) is 0.